The molecule has 0 spiro atoms. The third kappa shape index (κ3) is 5.61. The molecule has 3 aromatic carbocycles. The van der Waals surface area contributed by atoms with Gasteiger partial charge in [0.25, 0.3) is 0 Å². The van der Waals surface area contributed by atoms with E-state index in [1.54, 1.807) is 12.1 Å². The maximum atomic E-state index is 12.6. The molecule has 0 aliphatic carbocycles. The maximum Gasteiger partial charge on any atom is 0.220 e. The molecule has 1 amide bonds. The van der Waals surface area contributed by atoms with E-state index in [9.17, 15) is 4.79 Å². The summed E-state index contributed by atoms with van der Waals surface area (Å²) in [5, 5.41) is 3.86. The molecule has 0 saturated carbocycles. The van der Waals surface area contributed by atoms with Crippen molar-refractivity contribution in [2.24, 2.45) is 0 Å². The molecule has 3 rings (SSSR count). The van der Waals surface area contributed by atoms with Crippen molar-refractivity contribution in [2.75, 3.05) is 6.61 Å². The Bertz CT molecular complexity index is 894. The van der Waals surface area contributed by atoms with Crippen LogP contribution >= 0.6 is 11.6 Å². The summed E-state index contributed by atoms with van der Waals surface area (Å²) in [6.07, 6.45) is 1.05. The number of ether oxygens (including phenoxy) is 1. The molecule has 0 bridgehead atoms. The number of hydrogen-bond donors (Lipinski definition) is 1. The average molecular weight is 394 g/mol. The first-order valence-corrected chi connectivity index (χ1v) is 9.79. The summed E-state index contributed by atoms with van der Waals surface area (Å²) < 4.78 is 5.67. The number of carbonyl (C=O) groups excluding carboxylic acids is 1. The van der Waals surface area contributed by atoms with Crippen LogP contribution < -0.4 is 10.1 Å². The van der Waals surface area contributed by atoms with Crippen LogP contribution in [0, 0.1) is 6.92 Å². The van der Waals surface area contributed by atoms with Gasteiger partial charge in [0.05, 0.1) is 12.6 Å². The molecule has 0 saturated heterocycles. The number of amides is 1. The van der Waals surface area contributed by atoms with Gasteiger partial charge in [-0.25, -0.2) is 0 Å². The van der Waals surface area contributed by atoms with E-state index < -0.39 is 0 Å². The fourth-order valence-electron chi connectivity index (χ4n) is 3.08. The quantitative estimate of drug-likeness (QED) is 0.497. The fraction of sp³-hybridized carbons (Fsp3) is 0.208. The van der Waals surface area contributed by atoms with Crippen molar-refractivity contribution in [1.29, 1.82) is 0 Å². The molecule has 4 heteroatoms. The van der Waals surface area contributed by atoms with Crippen LogP contribution in [0.1, 0.15) is 35.6 Å². The highest BCUT2D eigenvalue weighted by atomic mass is 35.5. The third-order valence-electron chi connectivity index (χ3n) is 4.57. The zero-order valence-corrected chi connectivity index (χ0v) is 16.7. The molecule has 0 fully saturated rings. The molecule has 0 aliphatic rings. The zero-order valence-electron chi connectivity index (χ0n) is 15.9. The van der Waals surface area contributed by atoms with Crippen molar-refractivity contribution in [1.82, 2.24) is 5.32 Å². The number of nitrogens with one attached hydrogen (secondary N) is 1. The van der Waals surface area contributed by atoms with Crippen LogP contribution in [-0.2, 0) is 4.79 Å². The molecule has 0 heterocycles. The van der Waals surface area contributed by atoms with Crippen molar-refractivity contribution in [3.05, 3.63) is 101 Å². The first-order chi connectivity index (χ1) is 13.6. The van der Waals surface area contributed by atoms with E-state index in [1.807, 2.05) is 54.6 Å². The van der Waals surface area contributed by atoms with Gasteiger partial charge in [-0.05, 0) is 54.3 Å². The second-order valence-electron chi connectivity index (χ2n) is 6.67. The normalized spacial score (nSPS) is 11.6. The third-order valence-corrected chi connectivity index (χ3v) is 4.82. The van der Waals surface area contributed by atoms with E-state index >= 15 is 0 Å². The van der Waals surface area contributed by atoms with Crippen LogP contribution in [-0.4, -0.2) is 12.5 Å². The highest BCUT2D eigenvalue weighted by molar-refractivity contribution is 6.30. The molecular weight excluding hydrogens is 370 g/mol. The zero-order chi connectivity index (χ0) is 19.8. The first kappa shape index (κ1) is 20.0. The summed E-state index contributed by atoms with van der Waals surface area (Å²) >= 11 is 5.87. The Morgan fingerprint density at radius 1 is 0.964 bits per heavy atom. The van der Waals surface area contributed by atoms with Crippen LogP contribution in [0.2, 0.25) is 5.02 Å². The lowest BCUT2D eigenvalue weighted by molar-refractivity contribution is -0.121. The van der Waals surface area contributed by atoms with Crippen molar-refractivity contribution in [3.8, 4) is 5.75 Å². The Balaban J connectivity index is 1.59. The van der Waals surface area contributed by atoms with E-state index in [0.29, 0.717) is 24.5 Å². The van der Waals surface area contributed by atoms with Gasteiger partial charge in [0.2, 0.25) is 5.91 Å². The number of hydrogen-bond acceptors (Lipinski definition) is 2. The van der Waals surface area contributed by atoms with Crippen molar-refractivity contribution in [2.45, 2.75) is 25.8 Å². The van der Waals surface area contributed by atoms with Crippen LogP contribution in [0.15, 0.2) is 78.9 Å². The number of rotatable bonds is 8. The van der Waals surface area contributed by atoms with Gasteiger partial charge in [0.15, 0.2) is 0 Å². The smallest absolute Gasteiger partial charge is 0.220 e. The average Bonchev–Trinajstić information content (AvgIpc) is 2.72. The van der Waals surface area contributed by atoms with E-state index in [1.165, 1.54) is 0 Å². The molecular formula is C24H24ClNO2. The largest absolute Gasteiger partial charge is 0.494 e. The fourth-order valence-corrected chi connectivity index (χ4v) is 3.21. The predicted molar refractivity (Wildman–Crippen MR) is 114 cm³/mol. The Morgan fingerprint density at radius 2 is 1.64 bits per heavy atom. The summed E-state index contributed by atoms with van der Waals surface area (Å²) in [5.74, 6) is 0.767. The Morgan fingerprint density at radius 3 is 2.36 bits per heavy atom. The van der Waals surface area contributed by atoms with Gasteiger partial charge in [-0.1, -0.05) is 66.2 Å². The molecule has 28 heavy (non-hydrogen) atoms. The van der Waals surface area contributed by atoms with Crippen molar-refractivity contribution >= 4 is 17.5 Å². The monoisotopic (exact) mass is 393 g/mol. The van der Waals surface area contributed by atoms with Crippen LogP contribution in [0.25, 0.3) is 0 Å². The Labute approximate surface area is 171 Å². The van der Waals surface area contributed by atoms with Gasteiger partial charge in [-0.3, -0.25) is 4.79 Å². The highest BCUT2D eigenvalue weighted by Crippen LogP contribution is 2.25. The van der Waals surface area contributed by atoms with E-state index in [2.05, 4.69) is 24.4 Å². The summed E-state index contributed by atoms with van der Waals surface area (Å²) in [5.41, 5.74) is 3.34. The highest BCUT2D eigenvalue weighted by Gasteiger charge is 2.18. The molecule has 1 atom stereocenters. The standard InChI is InChI=1S/C24H24ClNO2/c1-18-8-5-6-11-22(18)24(19-9-3-2-4-10-19)26-23(27)12-7-17-28-21-15-13-20(25)14-16-21/h2-6,8-11,13-16,24H,7,12,17H2,1H3,(H,26,27)/t24-/m0/s1. The van der Waals surface area contributed by atoms with Crippen molar-refractivity contribution in [3.63, 3.8) is 0 Å². The van der Waals surface area contributed by atoms with Crippen LogP contribution in [0.3, 0.4) is 0 Å². The van der Waals surface area contributed by atoms with E-state index in [-0.39, 0.29) is 11.9 Å². The number of aryl methyl sites for hydroxylation is 1. The molecule has 1 N–H and O–H groups in total. The lowest BCUT2D eigenvalue weighted by Gasteiger charge is -2.21. The number of carbonyl (C=O) groups is 1. The molecule has 0 aliphatic heterocycles. The van der Waals surface area contributed by atoms with Gasteiger partial charge in [-0.15, -0.1) is 0 Å². The number of halogens is 1. The lowest BCUT2D eigenvalue weighted by atomic mass is 9.95. The Hall–Kier alpha value is -2.78. The molecule has 0 aromatic heterocycles. The van der Waals surface area contributed by atoms with Gasteiger partial charge in [-0.2, -0.15) is 0 Å². The van der Waals surface area contributed by atoms with Crippen molar-refractivity contribution < 1.29 is 9.53 Å². The van der Waals surface area contributed by atoms with Crippen LogP contribution in [0.4, 0.5) is 0 Å². The molecule has 0 radical (unpaired) electrons. The SMILES string of the molecule is Cc1ccccc1[C@@H](NC(=O)CCCOc1ccc(Cl)cc1)c1ccccc1. The Kier molecular flexibility index (Phi) is 7.10. The van der Waals surface area contributed by atoms with E-state index in [0.717, 1.165) is 22.4 Å². The molecule has 0 unspecified atom stereocenters. The van der Waals surface area contributed by atoms with Gasteiger partial charge in [0.1, 0.15) is 5.75 Å². The van der Waals surface area contributed by atoms with E-state index in [4.69, 9.17) is 16.3 Å². The summed E-state index contributed by atoms with van der Waals surface area (Å²) in [4.78, 5) is 12.6. The van der Waals surface area contributed by atoms with Gasteiger partial charge >= 0.3 is 0 Å². The predicted octanol–water partition coefficient (Wildman–Crippen LogP) is 5.71. The minimum absolute atomic E-state index is 0.0109. The van der Waals surface area contributed by atoms with Crippen LogP contribution in [0.5, 0.6) is 5.75 Å². The topological polar surface area (TPSA) is 38.3 Å². The summed E-state index contributed by atoms with van der Waals surface area (Å²) in [6, 6.07) is 25.3. The second-order valence-corrected chi connectivity index (χ2v) is 7.11. The summed E-state index contributed by atoms with van der Waals surface area (Å²) in [7, 11) is 0. The number of benzene rings is 3. The second kappa shape index (κ2) is 9.95. The summed E-state index contributed by atoms with van der Waals surface area (Å²) in [6.45, 7) is 2.55. The lowest BCUT2D eigenvalue weighted by Crippen LogP contribution is -2.29. The minimum atomic E-state index is -0.160. The van der Waals surface area contributed by atoms with Gasteiger partial charge < -0.3 is 10.1 Å². The maximum absolute atomic E-state index is 12.6. The molecule has 144 valence electrons. The molecule has 3 nitrogen and oxygen atoms in total. The van der Waals surface area contributed by atoms with Gasteiger partial charge in [0, 0.05) is 11.4 Å². The minimum Gasteiger partial charge on any atom is -0.494 e. The first-order valence-electron chi connectivity index (χ1n) is 9.41. The molecule has 3 aromatic rings.